The van der Waals surface area contributed by atoms with Crippen molar-refractivity contribution in [1.29, 1.82) is 0 Å². The summed E-state index contributed by atoms with van der Waals surface area (Å²) in [6, 6.07) is 10.4. The Morgan fingerprint density at radius 3 is 2.44 bits per heavy atom. The summed E-state index contributed by atoms with van der Waals surface area (Å²) < 4.78 is 2.02. The third kappa shape index (κ3) is 4.90. The quantitative estimate of drug-likeness (QED) is 0.723. The van der Waals surface area contributed by atoms with Crippen molar-refractivity contribution >= 4 is 11.6 Å². The van der Waals surface area contributed by atoms with Crippen molar-refractivity contribution in [2.75, 3.05) is 11.9 Å². The maximum Gasteiger partial charge on any atom is 0.245 e. The summed E-state index contributed by atoms with van der Waals surface area (Å²) in [5.74, 6) is 0.135. The van der Waals surface area contributed by atoms with E-state index in [1.807, 2.05) is 11.6 Å². The first-order valence-corrected chi connectivity index (χ1v) is 10.1. The molecule has 2 aromatic rings. The average Bonchev–Trinajstić information content (AvgIpc) is 2.98. The molecule has 5 nitrogen and oxygen atoms in total. The van der Waals surface area contributed by atoms with Gasteiger partial charge in [-0.15, -0.1) is 0 Å². The van der Waals surface area contributed by atoms with Gasteiger partial charge in [-0.2, -0.15) is 5.10 Å². The molecule has 1 saturated carbocycles. The highest BCUT2D eigenvalue weighted by atomic mass is 16.2. The van der Waals surface area contributed by atoms with E-state index in [4.69, 9.17) is 0 Å². The van der Waals surface area contributed by atoms with Crippen molar-refractivity contribution in [2.45, 2.75) is 71.4 Å². The number of carbonyl (C=O) groups is 1. The lowest BCUT2D eigenvalue weighted by Gasteiger charge is -2.37. The lowest BCUT2D eigenvalue weighted by molar-refractivity contribution is -0.126. The van der Waals surface area contributed by atoms with Gasteiger partial charge in [-0.1, -0.05) is 37.0 Å². The van der Waals surface area contributed by atoms with Gasteiger partial charge in [0, 0.05) is 24.5 Å². The van der Waals surface area contributed by atoms with E-state index in [1.165, 1.54) is 17.7 Å². The van der Waals surface area contributed by atoms with E-state index >= 15 is 0 Å². The fourth-order valence-corrected chi connectivity index (χ4v) is 3.98. The minimum atomic E-state index is -0.480. The fraction of sp³-hybridized carbons (Fsp3) is 0.545. The van der Waals surface area contributed by atoms with Crippen LogP contribution < -0.4 is 10.6 Å². The number of nitrogens with zero attached hydrogens (tertiary/aromatic N) is 2. The summed E-state index contributed by atoms with van der Waals surface area (Å²) in [7, 11) is 0. The summed E-state index contributed by atoms with van der Waals surface area (Å²) in [5, 5.41) is 11.2. The second-order valence-electron chi connectivity index (χ2n) is 7.89. The Morgan fingerprint density at radius 2 is 1.81 bits per heavy atom. The summed E-state index contributed by atoms with van der Waals surface area (Å²) in [6.45, 7) is 7.67. The molecule has 2 N–H and O–H groups in total. The summed E-state index contributed by atoms with van der Waals surface area (Å²) >= 11 is 0. The first-order valence-electron chi connectivity index (χ1n) is 10.1. The number of aromatic nitrogens is 2. The van der Waals surface area contributed by atoms with Crippen LogP contribution in [0, 0.1) is 20.8 Å². The molecule has 1 aromatic carbocycles. The van der Waals surface area contributed by atoms with Gasteiger partial charge in [0.15, 0.2) is 0 Å². The molecule has 0 spiro atoms. The minimum absolute atomic E-state index is 0.135. The molecule has 0 atom stereocenters. The summed E-state index contributed by atoms with van der Waals surface area (Å²) in [5.41, 5.74) is 3.99. The second-order valence-corrected chi connectivity index (χ2v) is 7.89. The predicted molar refractivity (Wildman–Crippen MR) is 110 cm³/mol. The Morgan fingerprint density at radius 1 is 1.11 bits per heavy atom. The zero-order valence-corrected chi connectivity index (χ0v) is 16.8. The molecule has 1 aliphatic rings. The Hall–Kier alpha value is -2.30. The third-order valence-corrected chi connectivity index (χ3v) is 5.51. The molecule has 0 saturated heterocycles. The van der Waals surface area contributed by atoms with Crippen LogP contribution in [-0.4, -0.2) is 27.8 Å². The fourth-order valence-electron chi connectivity index (χ4n) is 3.98. The van der Waals surface area contributed by atoms with Crippen LogP contribution in [0.3, 0.4) is 0 Å². The Balaban J connectivity index is 1.58. The van der Waals surface area contributed by atoms with Gasteiger partial charge in [0.1, 0.15) is 5.54 Å². The molecule has 1 fully saturated rings. The van der Waals surface area contributed by atoms with E-state index in [-0.39, 0.29) is 5.91 Å². The van der Waals surface area contributed by atoms with Crippen molar-refractivity contribution in [2.24, 2.45) is 0 Å². The van der Waals surface area contributed by atoms with Gasteiger partial charge < -0.3 is 10.6 Å². The van der Waals surface area contributed by atoms with Gasteiger partial charge in [0.2, 0.25) is 5.91 Å². The van der Waals surface area contributed by atoms with Gasteiger partial charge in [-0.25, -0.2) is 0 Å². The predicted octanol–water partition coefficient (Wildman–Crippen LogP) is 4.13. The van der Waals surface area contributed by atoms with Crippen LogP contribution in [0.2, 0.25) is 0 Å². The van der Waals surface area contributed by atoms with Gasteiger partial charge in [0.05, 0.1) is 5.69 Å². The maximum atomic E-state index is 13.1. The third-order valence-electron chi connectivity index (χ3n) is 5.51. The highest BCUT2D eigenvalue weighted by Gasteiger charge is 2.39. The number of hydrogen-bond donors (Lipinski definition) is 2. The molecule has 1 heterocycles. The van der Waals surface area contributed by atoms with Gasteiger partial charge in [0.25, 0.3) is 0 Å². The number of carbonyl (C=O) groups excluding carboxylic acids is 1. The molecule has 3 rings (SSSR count). The van der Waals surface area contributed by atoms with Gasteiger partial charge in [-0.3, -0.25) is 9.48 Å². The van der Waals surface area contributed by atoms with Gasteiger partial charge in [-0.05, 0) is 58.2 Å². The maximum absolute atomic E-state index is 13.1. The van der Waals surface area contributed by atoms with Crippen LogP contribution in [-0.2, 0) is 11.3 Å². The molecule has 0 bridgehead atoms. The smallest absolute Gasteiger partial charge is 0.245 e. The van der Waals surface area contributed by atoms with E-state index in [9.17, 15) is 4.79 Å². The Labute approximate surface area is 162 Å². The van der Waals surface area contributed by atoms with Crippen molar-refractivity contribution in [3.05, 3.63) is 47.3 Å². The number of nitrogens with one attached hydrogen (secondary N) is 2. The van der Waals surface area contributed by atoms with Crippen LogP contribution in [0.25, 0.3) is 0 Å². The Bertz CT molecular complexity index is 757. The SMILES string of the molecule is Cc1ccc(NC2(C(=O)NCCCn3nc(C)cc3C)CCCCC2)cc1. The zero-order chi connectivity index (χ0) is 19.3. The molecule has 0 radical (unpaired) electrons. The van der Waals surface area contributed by atoms with Crippen molar-refractivity contribution in [3.63, 3.8) is 0 Å². The summed E-state index contributed by atoms with van der Waals surface area (Å²) in [4.78, 5) is 13.1. The zero-order valence-electron chi connectivity index (χ0n) is 16.8. The van der Waals surface area contributed by atoms with Crippen LogP contribution in [0.1, 0.15) is 55.5 Å². The van der Waals surface area contributed by atoms with Crippen molar-refractivity contribution in [1.82, 2.24) is 15.1 Å². The minimum Gasteiger partial charge on any atom is -0.371 e. The highest BCUT2D eigenvalue weighted by Crippen LogP contribution is 2.32. The first kappa shape index (κ1) is 19.5. The number of rotatable bonds is 7. The molecule has 0 unspecified atom stereocenters. The normalized spacial score (nSPS) is 16.1. The number of anilines is 1. The lowest BCUT2D eigenvalue weighted by Crippen LogP contribution is -2.54. The molecule has 1 aliphatic carbocycles. The van der Waals surface area contributed by atoms with Gasteiger partial charge >= 0.3 is 0 Å². The molecule has 27 heavy (non-hydrogen) atoms. The standard InChI is InChI=1S/C22H32N4O/c1-17-8-10-20(11-9-17)24-22(12-5-4-6-13-22)21(27)23-14-7-15-26-19(3)16-18(2)25-26/h8-11,16,24H,4-7,12-15H2,1-3H3,(H,23,27). The van der Waals surface area contributed by atoms with E-state index < -0.39 is 5.54 Å². The van der Waals surface area contributed by atoms with Crippen molar-refractivity contribution < 1.29 is 4.79 Å². The molecule has 5 heteroatoms. The number of amides is 1. The molecule has 0 aliphatic heterocycles. The molecule has 146 valence electrons. The largest absolute Gasteiger partial charge is 0.371 e. The average molecular weight is 369 g/mol. The van der Waals surface area contributed by atoms with Crippen molar-refractivity contribution in [3.8, 4) is 0 Å². The topological polar surface area (TPSA) is 59.0 Å². The van der Waals surface area contributed by atoms with E-state index in [1.54, 1.807) is 0 Å². The van der Waals surface area contributed by atoms with E-state index in [2.05, 4.69) is 59.9 Å². The number of hydrogen-bond acceptors (Lipinski definition) is 3. The second kappa shape index (κ2) is 8.59. The van der Waals surface area contributed by atoms with Crippen LogP contribution in [0.4, 0.5) is 5.69 Å². The Kier molecular flexibility index (Phi) is 6.19. The molecular formula is C22H32N4O. The highest BCUT2D eigenvalue weighted by molar-refractivity contribution is 5.89. The number of benzene rings is 1. The molecule has 1 aromatic heterocycles. The number of aryl methyl sites for hydroxylation is 4. The van der Waals surface area contributed by atoms with Crippen LogP contribution in [0.5, 0.6) is 0 Å². The molecular weight excluding hydrogens is 336 g/mol. The first-order chi connectivity index (χ1) is 13.0. The van der Waals surface area contributed by atoms with Crippen LogP contribution >= 0.6 is 0 Å². The molecule has 1 amide bonds. The summed E-state index contributed by atoms with van der Waals surface area (Å²) in [6.07, 6.45) is 6.07. The van der Waals surface area contributed by atoms with Crippen LogP contribution in [0.15, 0.2) is 30.3 Å². The van der Waals surface area contributed by atoms with E-state index in [0.29, 0.717) is 6.54 Å². The monoisotopic (exact) mass is 368 g/mol. The van der Waals surface area contributed by atoms with E-state index in [0.717, 1.165) is 50.0 Å². The lowest BCUT2D eigenvalue weighted by atomic mass is 9.80.